The van der Waals surface area contributed by atoms with E-state index in [1.54, 1.807) is 12.3 Å². The Labute approximate surface area is 199 Å². The molecule has 1 N–H and O–H groups in total. The normalized spacial score (nSPS) is 12.0. The fourth-order valence-electron chi connectivity index (χ4n) is 3.64. The minimum Gasteiger partial charge on any atom is -0.370 e. The predicted molar refractivity (Wildman–Crippen MR) is 125 cm³/mol. The highest BCUT2D eigenvalue weighted by atomic mass is 35.5. The van der Waals surface area contributed by atoms with Gasteiger partial charge in [-0.1, -0.05) is 11.6 Å². The average Bonchev–Trinajstić information content (AvgIpc) is 3.17. The largest absolute Gasteiger partial charge is 0.417 e. The minimum absolute atomic E-state index is 0.102. The van der Waals surface area contributed by atoms with Gasteiger partial charge in [0.25, 0.3) is 0 Å². The number of nitrogens with zero attached hydrogens (tertiary/aromatic N) is 4. The monoisotopic (exact) mass is 491 g/mol. The lowest BCUT2D eigenvalue weighted by atomic mass is 10.00. The van der Waals surface area contributed by atoms with E-state index in [1.165, 1.54) is 28.8 Å². The van der Waals surface area contributed by atoms with E-state index >= 15 is 0 Å². The summed E-state index contributed by atoms with van der Waals surface area (Å²) < 4.78 is 54.9. The van der Waals surface area contributed by atoms with Crippen LogP contribution in [-0.2, 0) is 6.18 Å². The molecule has 178 valence electrons. The van der Waals surface area contributed by atoms with E-state index in [1.807, 2.05) is 20.2 Å². The molecule has 0 spiro atoms. The second-order valence-electron chi connectivity index (χ2n) is 8.11. The van der Waals surface area contributed by atoms with E-state index in [0.717, 1.165) is 25.2 Å². The average molecular weight is 492 g/mol. The van der Waals surface area contributed by atoms with Gasteiger partial charge in [-0.25, -0.2) is 13.9 Å². The zero-order valence-corrected chi connectivity index (χ0v) is 19.3. The molecule has 0 aliphatic heterocycles. The first-order chi connectivity index (χ1) is 16.1. The van der Waals surface area contributed by atoms with Crippen molar-refractivity contribution in [1.29, 1.82) is 0 Å². The Morgan fingerprint density at radius 2 is 1.85 bits per heavy atom. The maximum atomic E-state index is 13.8. The third-order valence-corrected chi connectivity index (χ3v) is 5.58. The van der Waals surface area contributed by atoms with Crippen LogP contribution in [0.1, 0.15) is 12.0 Å². The molecule has 0 saturated heterocycles. The highest BCUT2D eigenvalue weighted by Gasteiger charge is 2.31. The molecule has 10 heteroatoms. The molecule has 3 aromatic heterocycles. The summed E-state index contributed by atoms with van der Waals surface area (Å²) in [6.07, 6.45) is -1.04. The minimum atomic E-state index is -4.51. The number of fused-ring (bicyclic) bond motifs is 1. The van der Waals surface area contributed by atoms with Gasteiger partial charge in [-0.3, -0.25) is 0 Å². The van der Waals surface area contributed by atoms with Crippen molar-refractivity contribution in [1.82, 2.24) is 19.5 Å². The lowest BCUT2D eigenvalue weighted by molar-refractivity contribution is -0.137. The number of benzene rings is 1. The zero-order valence-electron chi connectivity index (χ0n) is 18.5. The SMILES string of the molecule is CN(C)CCCNc1cc(-c2c(-c3ccc(F)c(Cl)c3)nn3cc(C(F)(F)F)ccc23)ccn1. The van der Waals surface area contributed by atoms with E-state index in [9.17, 15) is 17.6 Å². The number of aromatic nitrogens is 3. The first kappa shape index (κ1) is 24.0. The van der Waals surface area contributed by atoms with Crippen LogP contribution in [0, 0.1) is 5.82 Å². The van der Waals surface area contributed by atoms with Crippen molar-refractivity contribution in [2.45, 2.75) is 12.6 Å². The van der Waals surface area contributed by atoms with Crippen LogP contribution < -0.4 is 5.32 Å². The van der Waals surface area contributed by atoms with Gasteiger partial charge in [-0.05, 0) is 75.1 Å². The van der Waals surface area contributed by atoms with Crippen molar-refractivity contribution in [3.8, 4) is 22.4 Å². The number of hydrogen-bond acceptors (Lipinski definition) is 4. The molecule has 0 aliphatic carbocycles. The van der Waals surface area contributed by atoms with Gasteiger partial charge >= 0.3 is 6.18 Å². The van der Waals surface area contributed by atoms with Crippen LogP contribution >= 0.6 is 11.6 Å². The van der Waals surface area contributed by atoms with Crippen LogP contribution in [0.25, 0.3) is 27.9 Å². The van der Waals surface area contributed by atoms with E-state index in [0.29, 0.717) is 40.3 Å². The quantitative estimate of drug-likeness (QED) is 0.245. The molecule has 4 rings (SSSR count). The fraction of sp³-hybridized carbons (Fsp3) is 0.250. The number of rotatable bonds is 7. The van der Waals surface area contributed by atoms with Gasteiger partial charge < -0.3 is 10.2 Å². The molecule has 0 radical (unpaired) electrons. The summed E-state index contributed by atoms with van der Waals surface area (Å²) in [5.74, 6) is 0.0359. The second-order valence-corrected chi connectivity index (χ2v) is 8.52. The van der Waals surface area contributed by atoms with E-state index in [-0.39, 0.29) is 5.02 Å². The molecule has 0 fully saturated rings. The van der Waals surface area contributed by atoms with Crippen molar-refractivity contribution in [3.63, 3.8) is 0 Å². The smallest absolute Gasteiger partial charge is 0.370 e. The van der Waals surface area contributed by atoms with Crippen molar-refractivity contribution in [2.75, 3.05) is 32.5 Å². The Morgan fingerprint density at radius 1 is 1.06 bits per heavy atom. The molecule has 0 atom stereocenters. The molecular formula is C24H22ClF4N5. The number of alkyl halides is 3. The van der Waals surface area contributed by atoms with E-state index in [4.69, 9.17) is 11.6 Å². The van der Waals surface area contributed by atoms with E-state index < -0.39 is 17.6 Å². The van der Waals surface area contributed by atoms with E-state index in [2.05, 4.69) is 20.3 Å². The molecular weight excluding hydrogens is 470 g/mol. The Bertz CT molecular complexity index is 1320. The fourth-order valence-corrected chi connectivity index (χ4v) is 3.82. The standard InChI is InChI=1S/C24H22ClF4N5/c1-33(2)11-3-9-30-21-13-15(8-10-31-21)22-20-7-5-17(24(27,28)29)14-34(20)32-23(22)16-4-6-19(26)18(25)12-16/h4-8,10,12-14H,3,9,11H2,1-2H3,(H,30,31). The van der Waals surface area contributed by atoms with Crippen molar-refractivity contribution < 1.29 is 17.6 Å². The maximum absolute atomic E-state index is 13.8. The van der Waals surface area contributed by atoms with Gasteiger partial charge in [-0.15, -0.1) is 0 Å². The van der Waals surface area contributed by atoms with Crippen molar-refractivity contribution in [2.24, 2.45) is 0 Å². The highest BCUT2D eigenvalue weighted by molar-refractivity contribution is 6.31. The summed E-state index contributed by atoms with van der Waals surface area (Å²) in [5.41, 5.74) is 1.80. The highest BCUT2D eigenvalue weighted by Crippen LogP contribution is 2.38. The molecule has 0 amide bonds. The molecule has 0 saturated carbocycles. The summed E-state index contributed by atoms with van der Waals surface area (Å²) in [7, 11) is 4.00. The van der Waals surface area contributed by atoms with Gasteiger partial charge in [0, 0.05) is 30.1 Å². The molecule has 34 heavy (non-hydrogen) atoms. The van der Waals surface area contributed by atoms with Crippen molar-refractivity contribution in [3.05, 3.63) is 71.3 Å². The molecule has 0 aliphatic rings. The molecule has 0 bridgehead atoms. The van der Waals surface area contributed by atoms with Crippen LogP contribution in [0.5, 0.6) is 0 Å². The summed E-state index contributed by atoms with van der Waals surface area (Å²) in [6, 6.07) is 10.1. The molecule has 4 aromatic rings. The Balaban J connectivity index is 1.82. The van der Waals surface area contributed by atoms with Crippen LogP contribution in [-0.4, -0.2) is 46.7 Å². The second kappa shape index (κ2) is 9.60. The summed E-state index contributed by atoms with van der Waals surface area (Å²) in [6.45, 7) is 1.62. The third kappa shape index (κ3) is 5.15. The Hall–Kier alpha value is -3.17. The predicted octanol–water partition coefficient (Wildman–Crippen LogP) is 6.24. The zero-order chi connectivity index (χ0) is 24.5. The number of halogens is 5. The molecule has 0 unspecified atom stereocenters. The first-order valence-electron chi connectivity index (χ1n) is 10.5. The number of hydrogen-bond donors (Lipinski definition) is 1. The Morgan fingerprint density at radius 3 is 2.56 bits per heavy atom. The van der Waals surface area contributed by atoms with Gasteiger partial charge in [0.1, 0.15) is 17.3 Å². The number of pyridine rings is 2. The topological polar surface area (TPSA) is 45.5 Å². The maximum Gasteiger partial charge on any atom is 0.417 e. The summed E-state index contributed by atoms with van der Waals surface area (Å²) >= 11 is 5.98. The van der Waals surface area contributed by atoms with Crippen LogP contribution in [0.15, 0.2) is 54.9 Å². The van der Waals surface area contributed by atoms with Gasteiger partial charge in [0.05, 0.1) is 16.1 Å². The third-order valence-electron chi connectivity index (χ3n) is 5.29. The van der Waals surface area contributed by atoms with Gasteiger partial charge in [-0.2, -0.15) is 18.3 Å². The summed E-state index contributed by atoms with van der Waals surface area (Å²) in [4.78, 5) is 6.43. The Kier molecular flexibility index (Phi) is 6.77. The first-order valence-corrected chi connectivity index (χ1v) is 10.9. The lowest BCUT2D eigenvalue weighted by Crippen LogP contribution is -2.16. The lowest BCUT2D eigenvalue weighted by Gasteiger charge is -2.11. The van der Waals surface area contributed by atoms with Gasteiger partial charge in [0.2, 0.25) is 0 Å². The molecule has 3 heterocycles. The van der Waals surface area contributed by atoms with Crippen molar-refractivity contribution >= 4 is 22.9 Å². The molecule has 5 nitrogen and oxygen atoms in total. The van der Waals surface area contributed by atoms with Crippen LogP contribution in [0.4, 0.5) is 23.4 Å². The van der Waals surface area contributed by atoms with Crippen LogP contribution in [0.3, 0.4) is 0 Å². The summed E-state index contributed by atoms with van der Waals surface area (Å²) in [5, 5.41) is 7.59. The van der Waals surface area contributed by atoms with Gasteiger partial charge in [0.15, 0.2) is 0 Å². The molecule has 1 aromatic carbocycles. The number of anilines is 1. The number of nitrogens with one attached hydrogen (secondary N) is 1. The van der Waals surface area contributed by atoms with Crippen LogP contribution in [0.2, 0.25) is 5.02 Å².